The number of benzene rings is 1. The highest BCUT2D eigenvalue weighted by Gasteiger charge is 2.21. The van der Waals surface area contributed by atoms with Gasteiger partial charge in [0.15, 0.2) is 0 Å². The van der Waals surface area contributed by atoms with Crippen LogP contribution in [-0.4, -0.2) is 31.0 Å². The minimum atomic E-state index is -0.479. The van der Waals surface area contributed by atoms with Gasteiger partial charge in [-0.05, 0) is 37.0 Å². The van der Waals surface area contributed by atoms with Crippen LogP contribution in [0.25, 0.3) is 0 Å². The number of hydrogen-bond donors (Lipinski definition) is 2. The lowest BCUT2D eigenvalue weighted by Gasteiger charge is -2.13. The first kappa shape index (κ1) is 12.7. The van der Waals surface area contributed by atoms with Gasteiger partial charge in [-0.25, -0.2) is 0 Å². The SMILES string of the molecule is OC(CNc1cccc(Cl)c1)COCC1CC1. The molecule has 1 aromatic rings. The zero-order valence-electron chi connectivity index (χ0n) is 9.73. The second-order valence-electron chi connectivity index (χ2n) is 4.53. The number of aliphatic hydroxyl groups is 1. The smallest absolute Gasteiger partial charge is 0.0945 e. The van der Waals surface area contributed by atoms with Gasteiger partial charge in [0.1, 0.15) is 0 Å². The molecule has 2 rings (SSSR count). The van der Waals surface area contributed by atoms with Gasteiger partial charge >= 0.3 is 0 Å². The van der Waals surface area contributed by atoms with Gasteiger partial charge in [0.05, 0.1) is 12.7 Å². The Morgan fingerprint density at radius 3 is 3.00 bits per heavy atom. The van der Waals surface area contributed by atoms with Crippen molar-refractivity contribution >= 4 is 17.3 Å². The summed E-state index contributed by atoms with van der Waals surface area (Å²) in [7, 11) is 0. The van der Waals surface area contributed by atoms with E-state index in [1.807, 2.05) is 24.3 Å². The van der Waals surface area contributed by atoms with Crippen LogP contribution in [0.2, 0.25) is 5.02 Å². The van der Waals surface area contributed by atoms with E-state index in [2.05, 4.69) is 5.32 Å². The second kappa shape index (κ2) is 6.24. The van der Waals surface area contributed by atoms with Crippen LogP contribution in [0.4, 0.5) is 5.69 Å². The summed E-state index contributed by atoms with van der Waals surface area (Å²) in [4.78, 5) is 0. The van der Waals surface area contributed by atoms with Crippen LogP contribution in [0.1, 0.15) is 12.8 Å². The Labute approximate surface area is 107 Å². The molecule has 17 heavy (non-hydrogen) atoms. The summed E-state index contributed by atoms with van der Waals surface area (Å²) >= 11 is 5.86. The zero-order valence-corrected chi connectivity index (χ0v) is 10.5. The first-order valence-electron chi connectivity index (χ1n) is 5.99. The van der Waals surface area contributed by atoms with Gasteiger partial charge in [0.2, 0.25) is 0 Å². The monoisotopic (exact) mass is 255 g/mol. The average Bonchev–Trinajstić information content (AvgIpc) is 3.11. The predicted molar refractivity (Wildman–Crippen MR) is 69.5 cm³/mol. The first-order chi connectivity index (χ1) is 8.24. The molecule has 0 heterocycles. The molecule has 1 aromatic carbocycles. The number of ether oxygens (including phenoxy) is 1. The highest BCUT2D eigenvalue weighted by Crippen LogP contribution is 2.28. The quantitative estimate of drug-likeness (QED) is 0.787. The highest BCUT2D eigenvalue weighted by atomic mass is 35.5. The third-order valence-electron chi connectivity index (χ3n) is 2.73. The Morgan fingerprint density at radius 2 is 2.29 bits per heavy atom. The molecule has 0 spiro atoms. The molecule has 1 fully saturated rings. The van der Waals surface area contributed by atoms with Gasteiger partial charge < -0.3 is 15.2 Å². The average molecular weight is 256 g/mol. The Morgan fingerprint density at radius 1 is 1.47 bits per heavy atom. The summed E-state index contributed by atoms with van der Waals surface area (Å²) < 4.78 is 5.42. The van der Waals surface area contributed by atoms with Crippen molar-refractivity contribution in [3.63, 3.8) is 0 Å². The minimum absolute atomic E-state index is 0.393. The molecule has 1 aliphatic rings. The first-order valence-corrected chi connectivity index (χ1v) is 6.37. The van der Waals surface area contributed by atoms with Crippen LogP contribution in [0.5, 0.6) is 0 Å². The number of halogens is 1. The second-order valence-corrected chi connectivity index (χ2v) is 4.96. The third kappa shape index (κ3) is 4.94. The molecule has 94 valence electrons. The van der Waals surface area contributed by atoms with Crippen LogP contribution in [0.3, 0.4) is 0 Å². The summed E-state index contributed by atoms with van der Waals surface area (Å²) in [6, 6.07) is 7.45. The maximum Gasteiger partial charge on any atom is 0.0945 e. The Hall–Kier alpha value is -0.770. The molecule has 4 heteroatoms. The van der Waals surface area contributed by atoms with Crippen molar-refractivity contribution in [2.45, 2.75) is 18.9 Å². The third-order valence-corrected chi connectivity index (χ3v) is 2.96. The number of anilines is 1. The van der Waals surface area contributed by atoms with Crippen LogP contribution in [0, 0.1) is 5.92 Å². The molecule has 3 nitrogen and oxygen atoms in total. The maximum atomic E-state index is 9.69. The fourth-order valence-electron chi connectivity index (χ4n) is 1.55. The van der Waals surface area contributed by atoms with Crippen LogP contribution in [0.15, 0.2) is 24.3 Å². The number of nitrogens with one attached hydrogen (secondary N) is 1. The van der Waals surface area contributed by atoms with Crippen molar-refractivity contribution in [3.05, 3.63) is 29.3 Å². The normalized spacial score (nSPS) is 16.8. The molecular formula is C13H18ClNO2. The maximum absolute atomic E-state index is 9.69. The van der Waals surface area contributed by atoms with Gasteiger partial charge in [0.25, 0.3) is 0 Å². The van der Waals surface area contributed by atoms with Crippen LogP contribution < -0.4 is 5.32 Å². The number of rotatable bonds is 7. The molecule has 0 saturated heterocycles. The van der Waals surface area contributed by atoms with Crippen molar-refractivity contribution in [2.75, 3.05) is 25.1 Å². The van der Waals surface area contributed by atoms with Gasteiger partial charge in [-0.1, -0.05) is 17.7 Å². The van der Waals surface area contributed by atoms with Crippen molar-refractivity contribution in [3.8, 4) is 0 Å². The largest absolute Gasteiger partial charge is 0.389 e. The van der Waals surface area contributed by atoms with E-state index in [4.69, 9.17) is 16.3 Å². The summed E-state index contributed by atoms with van der Waals surface area (Å²) in [6.07, 6.45) is 2.07. The summed E-state index contributed by atoms with van der Waals surface area (Å²) in [6.45, 7) is 1.66. The van der Waals surface area contributed by atoms with E-state index in [1.165, 1.54) is 12.8 Å². The minimum Gasteiger partial charge on any atom is -0.389 e. The number of aliphatic hydroxyl groups excluding tert-OH is 1. The van der Waals surface area contributed by atoms with E-state index >= 15 is 0 Å². The van der Waals surface area contributed by atoms with Crippen molar-refractivity contribution < 1.29 is 9.84 Å². The molecule has 1 unspecified atom stereocenters. The van der Waals surface area contributed by atoms with E-state index in [-0.39, 0.29) is 0 Å². The van der Waals surface area contributed by atoms with E-state index in [9.17, 15) is 5.11 Å². The molecule has 0 aromatic heterocycles. The van der Waals surface area contributed by atoms with Gasteiger partial charge in [-0.3, -0.25) is 0 Å². The molecule has 0 radical (unpaired) electrons. The fourth-order valence-corrected chi connectivity index (χ4v) is 1.74. The lowest BCUT2D eigenvalue weighted by atomic mass is 10.3. The fraction of sp³-hybridized carbons (Fsp3) is 0.538. The van der Waals surface area contributed by atoms with E-state index in [1.54, 1.807) is 0 Å². The lowest BCUT2D eigenvalue weighted by Crippen LogP contribution is -2.25. The van der Waals surface area contributed by atoms with E-state index in [0.717, 1.165) is 18.2 Å². The van der Waals surface area contributed by atoms with Gasteiger partial charge in [-0.2, -0.15) is 0 Å². The van der Waals surface area contributed by atoms with Crippen molar-refractivity contribution in [2.24, 2.45) is 5.92 Å². The van der Waals surface area contributed by atoms with E-state index in [0.29, 0.717) is 18.2 Å². The molecule has 1 saturated carbocycles. The highest BCUT2D eigenvalue weighted by molar-refractivity contribution is 6.30. The Kier molecular flexibility index (Phi) is 4.66. The zero-order chi connectivity index (χ0) is 12.1. The van der Waals surface area contributed by atoms with Crippen LogP contribution >= 0.6 is 11.6 Å². The lowest BCUT2D eigenvalue weighted by molar-refractivity contribution is 0.0386. The van der Waals surface area contributed by atoms with E-state index < -0.39 is 6.10 Å². The van der Waals surface area contributed by atoms with Crippen molar-refractivity contribution in [1.29, 1.82) is 0 Å². The molecular weight excluding hydrogens is 238 g/mol. The molecule has 2 N–H and O–H groups in total. The Balaban J connectivity index is 1.62. The van der Waals surface area contributed by atoms with Gasteiger partial charge in [-0.15, -0.1) is 0 Å². The summed E-state index contributed by atoms with van der Waals surface area (Å²) in [5.74, 6) is 0.739. The van der Waals surface area contributed by atoms with Crippen molar-refractivity contribution in [1.82, 2.24) is 0 Å². The molecule has 0 amide bonds. The molecule has 0 aliphatic heterocycles. The topological polar surface area (TPSA) is 41.5 Å². The standard InChI is InChI=1S/C13H18ClNO2/c14-11-2-1-3-12(6-11)15-7-13(16)9-17-8-10-4-5-10/h1-3,6,10,13,15-16H,4-5,7-9H2. The summed E-state index contributed by atoms with van der Waals surface area (Å²) in [5, 5.41) is 13.5. The summed E-state index contributed by atoms with van der Waals surface area (Å²) in [5.41, 5.74) is 0.916. The molecule has 0 bridgehead atoms. The molecule has 1 aliphatic carbocycles. The molecule has 1 atom stereocenters. The predicted octanol–water partition coefficient (Wildman–Crippen LogP) is 2.54. The van der Waals surface area contributed by atoms with Crippen LogP contribution in [-0.2, 0) is 4.74 Å². The number of hydrogen-bond acceptors (Lipinski definition) is 3. The Bertz CT molecular complexity index is 355. The van der Waals surface area contributed by atoms with Gasteiger partial charge in [0, 0.05) is 23.9 Å².